The lowest BCUT2D eigenvalue weighted by Gasteiger charge is -2.36. The van der Waals surface area contributed by atoms with Crippen molar-refractivity contribution in [3.8, 4) is 0 Å². The van der Waals surface area contributed by atoms with Crippen LogP contribution >= 0.6 is 0 Å². The van der Waals surface area contributed by atoms with Crippen LogP contribution in [0.2, 0.25) is 0 Å². The van der Waals surface area contributed by atoms with Crippen molar-refractivity contribution in [3.63, 3.8) is 0 Å². The highest BCUT2D eigenvalue weighted by Gasteiger charge is 2.39. The molecule has 0 radical (unpaired) electrons. The lowest BCUT2D eigenvalue weighted by molar-refractivity contribution is -0.147. The molecule has 2 aliphatic rings. The zero-order chi connectivity index (χ0) is 16.6. The molecule has 2 fully saturated rings. The van der Waals surface area contributed by atoms with Crippen LogP contribution in [0.4, 0.5) is 5.69 Å². The molecule has 23 heavy (non-hydrogen) atoms. The molecule has 3 rings (SSSR count). The molecule has 0 aromatic heterocycles. The fourth-order valence-corrected chi connectivity index (χ4v) is 3.59. The van der Waals surface area contributed by atoms with Crippen LogP contribution in [0.3, 0.4) is 0 Å². The van der Waals surface area contributed by atoms with Gasteiger partial charge in [-0.1, -0.05) is 18.2 Å². The molecule has 5 nitrogen and oxygen atoms in total. The Balaban J connectivity index is 1.72. The maximum atomic E-state index is 12.8. The minimum atomic E-state index is -0.250. The molecule has 1 aromatic carbocycles. The molecule has 0 bridgehead atoms. The van der Waals surface area contributed by atoms with Crippen molar-refractivity contribution >= 4 is 17.5 Å². The van der Waals surface area contributed by atoms with Gasteiger partial charge in [-0.15, -0.1) is 0 Å². The van der Waals surface area contributed by atoms with Gasteiger partial charge < -0.3 is 14.5 Å². The number of morpholine rings is 1. The van der Waals surface area contributed by atoms with E-state index in [1.807, 2.05) is 49.9 Å². The van der Waals surface area contributed by atoms with E-state index in [-0.39, 0.29) is 29.9 Å². The second-order valence-corrected chi connectivity index (χ2v) is 6.69. The normalized spacial score (nSPS) is 28.3. The number of amides is 2. The second kappa shape index (κ2) is 6.32. The van der Waals surface area contributed by atoms with E-state index in [2.05, 4.69) is 0 Å². The van der Waals surface area contributed by atoms with E-state index in [0.717, 1.165) is 11.3 Å². The third-order valence-corrected chi connectivity index (χ3v) is 4.61. The van der Waals surface area contributed by atoms with Crippen molar-refractivity contribution in [1.82, 2.24) is 4.90 Å². The van der Waals surface area contributed by atoms with Gasteiger partial charge in [0.25, 0.3) is 0 Å². The fourth-order valence-electron chi connectivity index (χ4n) is 3.59. The molecule has 1 aromatic rings. The summed E-state index contributed by atoms with van der Waals surface area (Å²) in [4.78, 5) is 28.8. The van der Waals surface area contributed by atoms with Crippen LogP contribution in [0, 0.1) is 12.8 Å². The van der Waals surface area contributed by atoms with Crippen LogP contribution < -0.4 is 4.90 Å². The lowest BCUT2D eigenvalue weighted by atomic mass is 10.1. The minimum absolute atomic E-state index is 0.0343. The van der Waals surface area contributed by atoms with Crippen LogP contribution in [0.25, 0.3) is 0 Å². The third kappa shape index (κ3) is 3.24. The molecule has 0 spiro atoms. The molecule has 3 atom stereocenters. The molecular weight excluding hydrogens is 292 g/mol. The molecule has 5 heteroatoms. The van der Waals surface area contributed by atoms with Gasteiger partial charge in [0.15, 0.2) is 0 Å². The Bertz CT molecular complexity index is 606. The number of ether oxygens (including phenoxy) is 1. The Morgan fingerprint density at radius 1 is 1.13 bits per heavy atom. The number of carbonyl (C=O) groups is 2. The van der Waals surface area contributed by atoms with Crippen molar-refractivity contribution in [2.24, 2.45) is 5.92 Å². The maximum absolute atomic E-state index is 12.8. The molecular formula is C18H24N2O3. The number of anilines is 1. The van der Waals surface area contributed by atoms with Gasteiger partial charge in [0, 0.05) is 31.7 Å². The summed E-state index contributed by atoms with van der Waals surface area (Å²) in [6.07, 6.45) is 0.396. The van der Waals surface area contributed by atoms with Crippen molar-refractivity contribution in [2.75, 3.05) is 24.5 Å². The Hall–Kier alpha value is -1.88. The molecule has 0 unspecified atom stereocenters. The monoisotopic (exact) mass is 316 g/mol. The van der Waals surface area contributed by atoms with Gasteiger partial charge in [0.05, 0.1) is 18.1 Å². The first kappa shape index (κ1) is 16.0. The van der Waals surface area contributed by atoms with Crippen LogP contribution in [-0.2, 0) is 14.3 Å². The summed E-state index contributed by atoms with van der Waals surface area (Å²) < 4.78 is 5.69. The fraction of sp³-hybridized carbons (Fsp3) is 0.556. The number of benzene rings is 1. The van der Waals surface area contributed by atoms with E-state index in [4.69, 9.17) is 4.74 Å². The summed E-state index contributed by atoms with van der Waals surface area (Å²) in [5, 5.41) is 0. The SMILES string of the molecule is Cc1ccccc1N1C[C@H](C(=O)N2C[C@@H](C)O[C@@H](C)C2)CC1=O. The van der Waals surface area contributed by atoms with Crippen molar-refractivity contribution in [3.05, 3.63) is 29.8 Å². The average Bonchev–Trinajstić information content (AvgIpc) is 2.88. The Kier molecular flexibility index (Phi) is 4.39. The van der Waals surface area contributed by atoms with Crippen LogP contribution in [-0.4, -0.2) is 48.6 Å². The van der Waals surface area contributed by atoms with Gasteiger partial charge in [-0.25, -0.2) is 0 Å². The summed E-state index contributed by atoms with van der Waals surface area (Å²) in [7, 11) is 0. The second-order valence-electron chi connectivity index (χ2n) is 6.69. The van der Waals surface area contributed by atoms with Gasteiger partial charge >= 0.3 is 0 Å². The summed E-state index contributed by atoms with van der Waals surface area (Å²) in [6, 6.07) is 7.82. The number of rotatable bonds is 2. The van der Waals surface area contributed by atoms with Gasteiger partial charge in [-0.05, 0) is 32.4 Å². The molecule has 0 saturated carbocycles. The quantitative estimate of drug-likeness (QED) is 0.838. The molecule has 2 aliphatic heterocycles. The lowest BCUT2D eigenvalue weighted by Crippen LogP contribution is -2.50. The maximum Gasteiger partial charge on any atom is 0.228 e. The Labute approximate surface area is 137 Å². The van der Waals surface area contributed by atoms with E-state index in [9.17, 15) is 9.59 Å². The third-order valence-electron chi connectivity index (χ3n) is 4.61. The molecule has 2 saturated heterocycles. The highest BCUT2D eigenvalue weighted by Crippen LogP contribution is 2.29. The van der Waals surface area contributed by atoms with E-state index >= 15 is 0 Å². The topological polar surface area (TPSA) is 49.9 Å². The number of hydrogen-bond donors (Lipinski definition) is 0. The molecule has 2 amide bonds. The van der Waals surface area contributed by atoms with Gasteiger partial charge in [0.1, 0.15) is 0 Å². The summed E-state index contributed by atoms with van der Waals surface area (Å²) in [6.45, 7) is 7.65. The number of carbonyl (C=O) groups excluding carboxylic acids is 2. The first-order valence-electron chi connectivity index (χ1n) is 8.26. The van der Waals surface area contributed by atoms with E-state index in [1.54, 1.807) is 4.90 Å². The number of nitrogens with zero attached hydrogens (tertiary/aromatic N) is 2. The van der Waals surface area contributed by atoms with Crippen molar-refractivity contribution < 1.29 is 14.3 Å². The zero-order valence-corrected chi connectivity index (χ0v) is 14.0. The predicted octanol–water partition coefficient (Wildman–Crippen LogP) is 1.98. The summed E-state index contributed by atoms with van der Waals surface area (Å²) in [5.41, 5.74) is 1.97. The average molecular weight is 316 g/mol. The molecule has 0 aliphatic carbocycles. The summed E-state index contributed by atoms with van der Waals surface area (Å²) in [5.74, 6) is -0.136. The zero-order valence-electron chi connectivity index (χ0n) is 14.0. The molecule has 124 valence electrons. The van der Waals surface area contributed by atoms with E-state index in [1.165, 1.54) is 0 Å². The smallest absolute Gasteiger partial charge is 0.228 e. The van der Waals surface area contributed by atoms with Crippen molar-refractivity contribution in [1.29, 1.82) is 0 Å². The van der Waals surface area contributed by atoms with E-state index in [0.29, 0.717) is 26.1 Å². The largest absolute Gasteiger partial charge is 0.372 e. The predicted molar refractivity (Wildman–Crippen MR) is 88.2 cm³/mol. The first-order valence-corrected chi connectivity index (χ1v) is 8.26. The first-order chi connectivity index (χ1) is 11.0. The van der Waals surface area contributed by atoms with Crippen LogP contribution in [0.15, 0.2) is 24.3 Å². The van der Waals surface area contributed by atoms with Gasteiger partial charge in [-0.2, -0.15) is 0 Å². The minimum Gasteiger partial charge on any atom is -0.372 e. The highest BCUT2D eigenvalue weighted by molar-refractivity contribution is 6.00. The standard InChI is InChI=1S/C18H24N2O3/c1-12-6-4-5-7-16(12)20-11-15(8-17(20)21)18(22)19-9-13(2)23-14(3)10-19/h4-7,13-15H,8-11H2,1-3H3/t13-,14+,15-/m1/s1. The molecule has 2 heterocycles. The van der Waals surface area contributed by atoms with E-state index < -0.39 is 0 Å². The van der Waals surface area contributed by atoms with Gasteiger partial charge in [0.2, 0.25) is 11.8 Å². The number of para-hydroxylation sites is 1. The highest BCUT2D eigenvalue weighted by atomic mass is 16.5. The summed E-state index contributed by atoms with van der Waals surface area (Å²) >= 11 is 0. The van der Waals surface area contributed by atoms with Crippen LogP contribution in [0.5, 0.6) is 0 Å². The van der Waals surface area contributed by atoms with Gasteiger partial charge in [-0.3, -0.25) is 9.59 Å². The Morgan fingerprint density at radius 2 is 1.78 bits per heavy atom. The van der Waals surface area contributed by atoms with Crippen molar-refractivity contribution in [2.45, 2.75) is 39.4 Å². The van der Waals surface area contributed by atoms with Crippen LogP contribution in [0.1, 0.15) is 25.8 Å². The number of aryl methyl sites for hydroxylation is 1. The Morgan fingerprint density at radius 3 is 2.43 bits per heavy atom. The molecule has 0 N–H and O–H groups in total. The number of hydrogen-bond acceptors (Lipinski definition) is 3.